The van der Waals surface area contributed by atoms with Crippen LogP contribution in [-0.4, -0.2) is 0 Å². The molecule has 0 aliphatic rings. The van der Waals surface area contributed by atoms with Crippen molar-refractivity contribution < 1.29 is 11.4 Å². The Bertz CT molecular complexity index is 8.36. The Morgan fingerprint density at radius 1 is 1.00 bits per heavy atom. The van der Waals surface area contributed by atoms with Crippen LogP contribution in [0.15, 0.2) is 0 Å². The van der Waals surface area contributed by atoms with Crippen LogP contribution >= 0.6 is 42.6 Å². The summed E-state index contributed by atoms with van der Waals surface area (Å²) in [5, 5.41) is 0. The Morgan fingerprint density at radius 3 is 1.00 bits per heavy atom. The molecule has 0 amide bonds. The van der Waals surface area contributed by atoms with Gasteiger partial charge in [0.1, 0.15) is 0 Å². The summed E-state index contributed by atoms with van der Waals surface area (Å²) < 4.78 is 0. The van der Waals surface area contributed by atoms with Crippen LogP contribution in [0.2, 0.25) is 0 Å². The van der Waals surface area contributed by atoms with Crippen molar-refractivity contribution in [1.82, 2.24) is 0 Å². The number of hydrogen-bond donors (Lipinski definition) is 0. The quantitative estimate of drug-likeness (QED) is 0.556. The first-order valence-electron chi connectivity index (χ1n) is 0.463. The molecular weight excluding hydrogens is 194 g/mol. The molecule has 0 atom stereocenters. The molecule has 0 saturated heterocycles. The van der Waals surface area contributed by atoms with Gasteiger partial charge in [0.25, 0.3) is 0 Å². The fraction of sp³-hybridized carbons (Fsp3) is 0. The van der Waals surface area contributed by atoms with E-state index in [0.717, 1.165) is 0 Å². The molecule has 35 valence electrons. The SMILES string of the molecule is Cl.[Cl][Cr]([Cl])[Cl]. The maximum atomic E-state index is 4.93. The van der Waals surface area contributed by atoms with Crippen molar-refractivity contribution in [3.63, 3.8) is 0 Å². The molecule has 5 heteroatoms. The molecule has 0 heterocycles. The molecule has 0 aromatic rings. The summed E-state index contributed by atoms with van der Waals surface area (Å²) in [6.07, 6.45) is 0. The predicted octanol–water partition coefficient (Wildman–Crippen LogP) is 2.49. The summed E-state index contributed by atoms with van der Waals surface area (Å²) in [5.74, 6) is 0. The van der Waals surface area contributed by atoms with Gasteiger partial charge in [-0.2, -0.15) is 0 Å². The van der Waals surface area contributed by atoms with Crippen LogP contribution < -0.4 is 0 Å². The molecule has 0 bridgehead atoms. The van der Waals surface area contributed by atoms with Gasteiger partial charge in [-0.1, -0.05) is 0 Å². The van der Waals surface area contributed by atoms with E-state index in [9.17, 15) is 0 Å². The Hall–Kier alpha value is 1.69. The molecule has 0 radical (unpaired) electrons. The Kier molecular flexibility index (Phi) is 11.2. The molecule has 0 spiro atoms. The van der Waals surface area contributed by atoms with Crippen molar-refractivity contribution in [3.05, 3.63) is 0 Å². The average Bonchev–Trinajstić information content (AvgIpc) is 0.811. The standard InChI is InChI=1S/4ClH.Cr/h4*1H;/q;;;;+3/p-3. The molecule has 0 unspecified atom stereocenters. The molecule has 0 aromatic heterocycles. The Balaban J connectivity index is 0. The van der Waals surface area contributed by atoms with Gasteiger partial charge < -0.3 is 0 Å². The minimum atomic E-state index is -1.62. The third-order valence-electron chi connectivity index (χ3n) is 0. The molecular formula is HCl4Cr. The van der Waals surface area contributed by atoms with Crippen molar-refractivity contribution in [1.29, 1.82) is 0 Å². The van der Waals surface area contributed by atoms with Crippen LogP contribution in [0.4, 0.5) is 0 Å². The van der Waals surface area contributed by atoms with Gasteiger partial charge in [-0.25, -0.2) is 0 Å². The molecule has 0 saturated carbocycles. The van der Waals surface area contributed by atoms with E-state index < -0.39 is 11.4 Å². The molecule has 0 rings (SSSR count). The second-order valence-corrected chi connectivity index (χ2v) is 6.49. The van der Waals surface area contributed by atoms with Crippen LogP contribution in [0.1, 0.15) is 0 Å². The van der Waals surface area contributed by atoms with E-state index >= 15 is 0 Å². The van der Waals surface area contributed by atoms with E-state index in [4.69, 9.17) is 30.1 Å². The van der Waals surface area contributed by atoms with E-state index in [1.165, 1.54) is 0 Å². The van der Waals surface area contributed by atoms with Gasteiger partial charge in [0.2, 0.25) is 0 Å². The van der Waals surface area contributed by atoms with Crippen LogP contribution in [0.3, 0.4) is 0 Å². The van der Waals surface area contributed by atoms with Crippen molar-refractivity contribution in [3.8, 4) is 0 Å². The first-order valence-corrected chi connectivity index (χ1v) is 5.73. The predicted molar refractivity (Wildman–Crippen MR) is 24.8 cm³/mol. The van der Waals surface area contributed by atoms with E-state index in [2.05, 4.69) is 0 Å². The van der Waals surface area contributed by atoms with Gasteiger partial charge >= 0.3 is 41.5 Å². The van der Waals surface area contributed by atoms with Crippen LogP contribution in [0.5, 0.6) is 0 Å². The van der Waals surface area contributed by atoms with Gasteiger partial charge in [0, 0.05) is 0 Å². The molecule has 0 aromatic carbocycles. The molecule has 0 nitrogen and oxygen atoms in total. The van der Waals surface area contributed by atoms with E-state index in [1.807, 2.05) is 0 Å². The van der Waals surface area contributed by atoms with E-state index in [0.29, 0.717) is 0 Å². The first kappa shape index (κ1) is 9.85. The van der Waals surface area contributed by atoms with Gasteiger partial charge in [0.05, 0.1) is 0 Å². The molecule has 0 aliphatic carbocycles. The summed E-state index contributed by atoms with van der Waals surface area (Å²) in [6.45, 7) is 0. The monoisotopic (exact) mass is 193 g/mol. The zero-order valence-corrected chi connectivity index (χ0v) is 6.31. The van der Waals surface area contributed by atoms with E-state index in [-0.39, 0.29) is 12.4 Å². The number of hydrogen-bond acceptors (Lipinski definition) is 0. The van der Waals surface area contributed by atoms with E-state index in [1.54, 1.807) is 0 Å². The second-order valence-electron chi connectivity index (χ2n) is 0.175. The zero-order chi connectivity index (χ0) is 3.58. The molecule has 0 N–H and O–H groups in total. The summed E-state index contributed by atoms with van der Waals surface area (Å²) >= 11 is -1.62. The fourth-order valence-electron chi connectivity index (χ4n) is 0. The van der Waals surface area contributed by atoms with Crippen LogP contribution in [-0.2, 0) is 11.4 Å². The molecule has 0 fully saturated rings. The zero-order valence-electron chi connectivity index (χ0n) is 1.95. The summed E-state index contributed by atoms with van der Waals surface area (Å²) in [7, 11) is 14.8. The van der Waals surface area contributed by atoms with Crippen LogP contribution in [0, 0.1) is 0 Å². The van der Waals surface area contributed by atoms with Gasteiger partial charge in [-0.05, 0) is 0 Å². The number of halogens is 4. The maximum absolute atomic E-state index is 4.93. The van der Waals surface area contributed by atoms with Gasteiger partial charge in [-0.3, -0.25) is 0 Å². The fourth-order valence-corrected chi connectivity index (χ4v) is 0. The van der Waals surface area contributed by atoms with Gasteiger partial charge in [-0.15, -0.1) is 12.4 Å². The van der Waals surface area contributed by atoms with Gasteiger partial charge in [0.15, 0.2) is 0 Å². The third-order valence-corrected chi connectivity index (χ3v) is 0. The van der Waals surface area contributed by atoms with Crippen molar-refractivity contribution in [2.75, 3.05) is 0 Å². The Morgan fingerprint density at radius 2 is 1.00 bits per heavy atom. The average molecular weight is 195 g/mol. The van der Waals surface area contributed by atoms with Crippen molar-refractivity contribution >= 4 is 42.6 Å². The molecule has 0 aliphatic heterocycles. The topological polar surface area (TPSA) is 0 Å². The number of rotatable bonds is 0. The third kappa shape index (κ3) is 27.1. The summed E-state index contributed by atoms with van der Waals surface area (Å²) in [6, 6.07) is 0. The molecule has 5 heavy (non-hydrogen) atoms. The van der Waals surface area contributed by atoms with Crippen LogP contribution in [0.25, 0.3) is 0 Å². The summed E-state index contributed by atoms with van der Waals surface area (Å²) in [4.78, 5) is 0. The first-order chi connectivity index (χ1) is 1.73. The van der Waals surface area contributed by atoms with Crippen molar-refractivity contribution in [2.45, 2.75) is 0 Å². The van der Waals surface area contributed by atoms with Crippen molar-refractivity contribution in [2.24, 2.45) is 0 Å². The normalized spacial score (nSPS) is 7.20. The second kappa shape index (κ2) is 5.69. The summed E-state index contributed by atoms with van der Waals surface area (Å²) in [5.41, 5.74) is 0. The minimum absolute atomic E-state index is 0. The Labute approximate surface area is 53.8 Å².